The van der Waals surface area contributed by atoms with E-state index in [4.69, 9.17) is 13.6 Å². The van der Waals surface area contributed by atoms with Crippen LogP contribution in [0.1, 0.15) is 34.8 Å². The molecule has 2 aromatic heterocycles. The van der Waals surface area contributed by atoms with E-state index in [2.05, 4.69) is 14.9 Å². The molecule has 0 aliphatic heterocycles. The molecule has 0 unspecified atom stereocenters. The molecular formula is C17H17N3O6S. The van der Waals surface area contributed by atoms with Gasteiger partial charge in [-0.3, -0.25) is 0 Å². The van der Waals surface area contributed by atoms with E-state index < -0.39 is 16.0 Å². The maximum atomic E-state index is 12.4. The summed E-state index contributed by atoms with van der Waals surface area (Å²) in [5.41, 5.74) is 0.0890. The number of furan rings is 1. The van der Waals surface area contributed by atoms with Crippen molar-refractivity contribution in [2.45, 2.75) is 31.4 Å². The Hall–Kier alpha value is -2.98. The van der Waals surface area contributed by atoms with Crippen LogP contribution in [-0.4, -0.2) is 24.6 Å². The van der Waals surface area contributed by atoms with Crippen LogP contribution in [0.25, 0.3) is 0 Å². The molecule has 3 rings (SSSR count). The van der Waals surface area contributed by atoms with Crippen LogP contribution in [0.15, 0.2) is 56.4 Å². The van der Waals surface area contributed by atoms with Gasteiger partial charge < -0.3 is 13.6 Å². The second kappa shape index (κ2) is 8.14. The Balaban J connectivity index is 1.65. The van der Waals surface area contributed by atoms with Crippen molar-refractivity contribution in [2.24, 2.45) is 0 Å². The summed E-state index contributed by atoms with van der Waals surface area (Å²) in [4.78, 5) is 12.1. The van der Waals surface area contributed by atoms with Gasteiger partial charge in [-0.1, -0.05) is 13.0 Å². The summed E-state index contributed by atoms with van der Waals surface area (Å²) in [6, 6.07) is 8.84. The highest BCUT2D eigenvalue weighted by atomic mass is 32.2. The predicted molar refractivity (Wildman–Crippen MR) is 92.0 cm³/mol. The fourth-order valence-corrected chi connectivity index (χ4v) is 3.19. The van der Waals surface area contributed by atoms with Crippen LogP contribution in [0, 0.1) is 0 Å². The van der Waals surface area contributed by atoms with Crippen molar-refractivity contribution in [1.29, 1.82) is 0 Å². The minimum atomic E-state index is -3.82. The number of benzene rings is 1. The lowest BCUT2D eigenvalue weighted by Gasteiger charge is -2.07. The summed E-state index contributed by atoms with van der Waals surface area (Å²) < 4.78 is 42.6. The van der Waals surface area contributed by atoms with E-state index in [0.717, 1.165) is 0 Å². The first-order valence-electron chi connectivity index (χ1n) is 8.08. The molecule has 0 bridgehead atoms. The third kappa shape index (κ3) is 4.80. The second-order valence-electron chi connectivity index (χ2n) is 5.45. The van der Waals surface area contributed by atoms with Gasteiger partial charge in [0.2, 0.25) is 15.9 Å². The van der Waals surface area contributed by atoms with Crippen LogP contribution in [-0.2, 0) is 34.3 Å². The summed E-state index contributed by atoms with van der Waals surface area (Å²) in [7, 11) is -3.82. The smallest absolute Gasteiger partial charge is 0.338 e. The summed E-state index contributed by atoms with van der Waals surface area (Å²) >= 11 is 0. The molecule has 0 aliphatic rings. The molecule has 0 fully saturated rings. The monoisotopic (exact) mass is 391 g/mol. The molecule has 10 heteroatoms. The van der Waals surface area contributed by atoms with Gasteiger partial charge in [0, 0.05) is 6.42 Å². The third-order valence-electron chi connectivity index (χ3n) is 3.53. The third-order valence-corrected chi connectivity index (χ3v) is 4.93. The minimum absolute atomic E-state index is 0.000925. The van der Waals surface area contributed by atoms with Crippen LogP contribution in [0.5, 0.6) is 0 Å². The highest BCUT2D eigenvalue weighted by molar-refractivity contribution is 7.89. The zero-order chi connectivity index (χ0) is 19.3. The zero-order valence-corrected chi connectivity index (χ0v) is 15.2. The number of carbonyl (C=O) groups is 1. The molecule has 27 heavy (non-hydrogen) atoms. The van der Waals surface area contributed by atoms with E-state index in [0.29, 0.717) is 18.1 Å². The van der Waals surface area contributed by atoms with Gasteiger partial charge in [-0.05, 0) is 30.3 Å². The molecule has 0 radical (unpaired) electrons. The zero-order valence-electron chi connectivity index (χ0n) is 14.4. The topological polar surface area (TPSA) is 125 Å². The van der Waals surface area contributed by atoms with Crippen molar-refractivity contribution in [3.63, 3.8) is 0 Å². The number of sulfonamides is 1. The number of nitrogens with zero attached hydrogens (tertiary/aromatic N) is 2. The normalized spacial score (nSPS) is 11.4. The number of esters is 1. The van der Waals surface area contributed by atoms with E-state index >= 15 is 0 Å². The van der Waals surface area contributed by atoms with Crippen LogP contribution in [0.3, 0.4) is 0 Å². The van der Waals surface area contributed by atoms with Crippen LogP contribution in [0.2, 0.25) is 0 Å². The molecule has 1 aromatic carbocycles. The van der Waals surface area contributed by atoms with Crippen LogP contribution in [0.4, 0.5) is 0 Å². The standard InChI is InChI=1S/C17H17N3O6S/c1-2-15-19-20-16(26-15)11-25-17(21)12-5-3-7-14(9-12)27(22,23)18-10-13-6-4-8-24-13/h3-9,18H,2,10-11H2,1H3. The molecule has 0 aliphatic carbocycles. The molecule has 2 heterocycles. The Bertz CT molecular complexity index is 1010. The van der Waals surface area contributed by atoms with Crippen molar-refractivity contribution in [3.8, 4) is 0 Å². The quantitative estimate of drug-likeness (QED) is 0.579. The number of hydrogen-bond donors (Lipinski definition) is 1. The number of rotatable bonds is 8. The molecule has 0 atom stereocenters. The number of ether oxygens (including phenoxy) is 1. The molecule has 1 N–H and O–H groups in total. The van der Waals surface area contributed by atoms with Crippen LogP contribution >= 0.6 is 0 Å². The largest absolute Gasteiger partial charge is 0.468 e. The molecule has 3 aromatic rings. The molecule has 0 saturated heterocycles. The molecule has 9 nitrogen and oxygen atoms in total. The fourth-order valence-electron chi connectivity index (χ4n) is 2.15. The SMILES string of the molecule is CCc1nnc(COC(=O)c2cccc(S(=O)(=O)NCc3ccco3)c2)o1. The maximum Gasteiger partial charge on any atom is 0.338 e. The lowest BCUT2D eigenvalue weighted by Crippen LogP contribution is -2.23. The summed E-state index contributed by atoms with van der Waals surface area (Å²) in [6.45, 7) is 1.66. The number of nitrogens with one attached hydrogen (secondary N) is 1. The maximum absolute atomic E-state index is 12.4. The average Bonchev–Trinajstić information content (AvgIpc) is 3.36. The van der Waals surface area contributed by atoms with E-state index in [1.54, 1.807) is 12.1 Å². The van der Waals surface area contributed by atoms with Gasteiger partial charge in [0.25, 0.3) is 5.89 Å². The van der Waals surface area contributed by atoms with Gasteiger partial charge >= 0.3 is 5.97 Å². The Labute approximate surface area is 155 Å². The first-order chi connectivity index (χ1) is 13.0. The Morgan fingerprint density at radius 2 is 2.00 bits per heavy atom. The average molecular weight is 391 g/mol. The van der Waals surface area contributed by atoms with E-state index in [1.165, 1.54) is 30.5 Å². The molecule has 0 spiro atoms. The first kappa shape index (κ1) is 18.8. The summed E-state index contributed by atoms with van der Waals surface area (Å²) in [6.07, 6.45) is 2.03. The van der Waals surface area contributed by atoms with Crippen molar-refractivity contribution in [1.82, 2.24) is 14.9 Å². The number of aromatic nitrogens is 2. The Kier molecular flexibility index (Phi) is 5.67. The first-order valence-corrected chi connectivity index (χ1v) is 9.56. The fraction of sp³-hybridized carbons (Fsp3) is 0.235. The molecular weight excluding hydrogens is 374 g/mol. The highest BCUT2D eigenvalue weighted by Crippen LogP contribution is 2.14. The number of aryl methyl sites for hydroxylation is 1. The molecule has 0 saturated carbocycles. The minimum Gasteiger partial charge on any atom is -0.468 e. The number of hydrogen-bond acceptors (Lipinski definition) is 8. The van der Waals surface area contributed by atoms with Gasteiger partial charge in [0.1, 0.15) is 5.76 Å². The predicted octanol–water partition coefficient (Wildman–Crippen LogP) is 2.06. The van der Waals surface area contributed by atoms with E-state index in [9.17, 15) is 13.2 Å². The van der Waals surface area contributed by atoms with Gasteiger partial charge in [-0.25, -0.2) is 17.9 Å². The van der Waals surface area contributed by atoms with Crippen molar-refractivity contribution in [3.05, 3.63) is 65.8 Å². The van der Waals surface area contributed by atoms with Crippen molar-refractivity contribution < 1.29 is 26.8 Å². The number of carbonyl (C=O) groups excluding carboxylic acids is 1. The summed E-state index contributed by atoms with van der Waals surface area (Å²) in [5, 5.41) is 7.52. The van der Waals surface area contributed by atoms with Crippen molar-refractivity contribution >= 4 is 16.0 Å². The van der Waals surface area contributed by atoms with Gasteiger partial charge in [0.05, 0.1) is 23.3 Å². The highest BCUT2D eigenvalue weighted by Gasteiger charge is 2.18. The van der Waals surface area contributed by atoms with Gasteiger partial charge in [-0.2, -0.15) is 0 Å². The lowest BCUT2D eigenvalue weighted by molar-refractivity contribution is 0.0436. The summed E-state index contributed by atoms with van der Waals surface area (Å²) in [5.74, 6) is 0.385. The van der Waals surface area contributed by atoms with Gasteiger partial charge in [0.15, 0.2) is 6.61 Å². The molecule has 142 valence electrons. The Morgan fingerprint density at radius 3 is 2.70 bits per heavy atom. The Morgan fingerprint density at radius 1 is 1.19 bits per heavy atom. The van der Waals surface area contributed by atoms with Crippen LogP contribution < -0.4 is 4.72 Å². The second-order valence-corrected chi connectivity index (χ2v) is 7.22. The van der Waals surface area contributed by atoms with E-state index in [-0.39, 0.29) is 29.5 Å². The van der Waals surface area contributed by atoms with Gasteiger partial charge in [-0.15, -0.1) is 10.2 Å². The van der Waals surface area contributed by atoms with Crippen molar-refractivity contribution in [2.75, 3.05) is 0 Å². The van der Waals surface area contributed by atoms with E-state index in [1.807, 2.05) is 6.92 Å². The lowest BCUT2D eigenvalue weighted by atomic mass is 10.2. The molecule has 0 amide bonds.